The zero-order valence-electron chi connectivity index (χ0n) is 9.76. The van der Waals surface area contributed by atoms with Crippen LogP contribution < -0.4 is 0 Å². The van der Waals surface area contributed by atoms with Crippen LogP contribution in [-0.2, 0) is 0 Å². The SMILES string of the molecule is O=C(Cl)c1ccnc(Cl)c1.O=C(O)c1ccnc(Cl)c1. The molecular weight excluding hydrogens is 327 g/mol. The predicted octanol–water partition coefficient (Wildman–Crippen LogP) is 3.55. The Labute approximate surface area is 129 Å². The monoisotopic (exact) mass is 332 g/mol. The van der Waals surface area contributed by atoms with Crippen molar-refractivity contribution in [2.75, 3.05) is 0 Å². The Hall–Kier alpha value is -1.69. The predicted molar refractivity (Wildman–Crippen MR) is 75.6 cm³/mol. The molecule has 0 aliphatic carbocycles. The summed E-state index contributed by atoms with van der Waals surface area (Å²) >= 11 is 16.0. The van der Waals surface area contributed by atoms with Crippen LogP contribution in [0.4, 0.5) is 0 Å². The Bertz CT molecular complexity index is 579. The molecule has 1 N–H and O–H groups in total. The van der Waals surface area contributed by atoms with Gasteiger partial charge in [-0.25, -0.2) is 14.8 Å². The number of carbonyl (C=O) groups excluding carboxylic acids is 1. The van der Waals surface area contributed by atoms with Gasteiger partial charge in [-0.05, 0) is 35.9 Å². The smallest absolute Gasteiger partial charge is 0.335 e. The molecule has 2 aromatic heterocycles. The maximum absolute atomic E-state index is 10.5. The maximum Gasteiger partial charge on any atom is 0.335 e. The number of carboxylic acids is 1. The van der Waals surface area contributed by atoms with E-state index in [1.807, 2.05) is 0 Å². The molecule has 2 aromatic rings. The van der Waals surface area contributed by atoms with Crippen molar-refractivity contribution in [3.05, 3.63) is 58.1 Å². The molecule has 104 valence electrons. The third kappa shape index (κ3) is 5.52. The Kier molecular flexibility index (Phi) is 6.38. The average molecular weight is 334 g/mol. The van der Waals surface area contributed by atoms with Gasteiger partial charge in [0.25, 0.3) is 5.24 Å². The van der Waals surface area contributed by atoms with Crippen LogP contribution in [0, 0.1) is 0 Å². The first-order chi connectivity index (χ1) is 9.40. The number of carboxylic acid groups (broad SMARTS) is 1. The van der Waals surface area contributed by atoms with Crippen molar-refractivity contribution in [1.29, 1.82) is 0 Å². The molecule has 20 heavy (non-hydrogen) atoms. The van der Waals surface area contributed by atoms with Crippen molar-refractivity contribution in [3.63, 3.8) is 0 Å². The van der Waals surface area contributed by atoms with Gasteiger partial charge >= 0.3 is 5.97 Å². The average Bonchev–Trinajstić information content (AvgIpc) is 2.39. The highest BCUT2D eigenvalue weighted by Gasteiger charge is 2.01. The number of aromatic nitrogens is 2. The second-order valence-electron chi connectivity index (χ2n) is 3.31. The third-order valence-corrected chi connectivity index (χ3v) is 2.56. The zero-order chi connectivity index (χ0) is 15.1. The summed E-state index contributed by atoms with van der Waals surface area (Å²) in [6.45, 7) is 0. The normalized spacial score (nSPS) is 9.35. The second kappa shape index (κ2) is 7.79. The largest absolute Gasteiger partial charge is 0.478 e. The molecule has 0 atom stereocenters. The van der Waals surface area contributed by atoms with Gasteiger partial charge in [0.05, 0.1) is 5.56 Å². The van der Waals surface area contributed by atoms with Crippen LogP contribution in [-0.4, -0.2) is 26.3 Å². The summed E-state index contributed by atoms with van der Waals surface area (Å²) in [7, 11) is 0. The van der Waals surface area contributed by atoms with Gasteiger partial charge < -0.3 is 5.11 Å². The summed E-state index contributed by atoms with van der Waals surface area (Å²) in [6, 6.07) is 5.59. The molecule has 0 saturated carbocycles. The van der Waals surface area contributed by atoms with Crippen molar-refractivity contribution in [1.82, 2.24) is 9.97 Å². The van der Waals surface area contributed by atoms with E-state index in [4.69, 9.17) is 39.9 Å². The summed E-state index contributed by atoms with van der Waals surface area (Å²) in [5, 5.41) is 8.36. The molecule has 0 aliphatic heterocycles. The molecule has 0 aromatic carbocycles. The molecule has 8 heteroatoms. The fourth-order valence-electron chi connectivity index (χ4n) is 1.06. The molecular formula is C12H7Cl3N2O3. The zero-order valence-corrected chi connectivity index (χ0v) is 12.0. The molecule has 0 unspecified atom stereocenters. The van der Waals surface area contributed by atoms with E-state index >= 15 is 0 Å². The summed E-state index contributed by atoms with van der Waals surface area (Å²) < 4.78 is 0. The molecule has 0 bridgehead atoms. The van der Waals surface area contributed by atoms with Crippen molar-refractivity contribution < 1.29 is 14.7 Å². The van der Waals surface area contributed by atoms with Crippen LogP contribution in [0.15, 0.2) is 36.7 Å². The highest BCUT2D eigenvalue weighted by molar-refractivity contribution is 6.67. The lowest BCUT2D eigenvalue weighted by molar-refractivity contribution is 0.0696. The van der Waals surface area contributed by atoms with E-state index < -0.39 is 11.2 Å². The van der Waals surface area contributed by atoms with Gasteiger partial charge in [-0.3, -0.25) is 4.79 Å². The Morgan fingerprint density at radius 3 is 1.70 bits per heavy atom. The molecule has 2 heterocycles. The fourth-order valence-corrected chi connectivity index (χ4v) is 1.53. The molecule has 2 rings (SSSR count). The standard InChI is InChI=1S/C6H3Cl2NO.C6H4ClNO2/c7-5-3-4(6(8)10)1-2-9-5;7-5-3-4(6(9)10)1-2-8-5/h1-3H;1-3H,(H,9,10). The quantitative estimate of drug-likeness (QED) is 0.671. The first-order valence-electron chi connectivity index (χ1n) is 5.06. The van der Waals surface area contributed by atoms with E-state index in [0.717, 1.165) is 0 Å². The van der Waals surface area contributed by atoms with Crippen LogP contribution in [0.3, 0.4) is 0 Å². The van der Waals surface area contributed by atoms with Crippen molar-refractivity contribution in [3.8, 4) is 0 Å². The van der Waals surface area contributed by atoms with E-state index in [2.05, 4.69) is 9.97 Å². The fraction of sp³-hybridized carbons (Fsp3) is 0. The van der Waals surface area contributed by atoms with Crippen LogP contribution in [0.2, 0.25) is 10.3 Å². The van der Waals surface area contributed by atoms with Gasteiger partial charge in [0.15, 0.2) is 0 Å². The highest BCUT2D eigenvalue weighted by Crippen LogP contribution is 2.08. The number of hydrogen-bond donors (Lipinski definition) is 1. The topological polar surface area (TPSA) is 80.2 Å². The van der Waals surface area contributed by atoms with Crippen molar-refractivity contribution in [2.45, 2.75) is 0 Å². The van der Waals surface area contributed by atoms with Gasteiger partial charge in [-0.2, -0.15) is 0 Å². The maximum atomic E-state index is 10.5. The van der Waals surface area contributed by atoms with Crippen LogP contribution in [0.5, 0.6) is 0 Å². The number of rotatable bonds is 2. The molecule has 0 amide bonds. The minimum atomic E-state index is -0.996. The lowest BCUT2D eigenvalue weighted by Crippen LogP contribution is -1.95. The Morgan fingerprint density at radius 1 is 0.950 bits per heavy atom. The highest BCUT2D eigenvalue weighted by atomic mass is 35.5. The van der Waals surface area contributed by atoms with Gasteiger partial charge in [0.2, 0.25) is 0 Å². The molecule has 5 nitrogen and oxygen atoms in total. The number of carbonyl (C=O) groups is 2. The number of pyridine rings is 2. The minimum absolute atomic E-state index is 0.153. The molecule has 0 aliphatic rings. The molecule has 0 radical (unpaired) electrons. The minimum Gasteiger partial charge on any atom is -0.478 e. The Morgan fingerprint density at radius 2 is 1.40 bits per heavy atom. The summed E-state index contributed by atoms with van der Waals surface area (Å²) in [4.78, 5) is 28.0. The summed E-state index contributed by atoms with van der Waals surface area (Å²) in [5.74, 6) is -0.996. The van der Waals surface area contributed by atoms with Crippen molar-refractivity contribution in [2.24, 2.45) is 0 Å². The Balaban J connectivity index is 0.000000200. The molecule has 0 fully saturated rings. The summed E-state index contributed by atoms with van der Waals surface area (Å²) in [5.41, 5.74) is 0.515. The van der Waals surface area contributed by atoms with Gasteiger partial charge in [0, 0.05) is 18.0 Å². The van der Waals surface area contributed by atoms with E-state index in [9.17, 15) is 9.59 Å². The van der Waals surface area contributed by atoms with Gasteiger partial charge in [0.1, 0.15) is 10.3 Å². The second-order valence-corrected chi connectivity index (χ2v) is 4.43. The lowest BCUT2D eigenvalue weighted by Gasteiger charge is -1.91. The molecule has 0 saturated heterocycles. The number of nitrogens with zero attached hydrogens (tertiary/aromatic N) is 2. The van der Waals surface area contributed by atoms with Gasteiger partial charge in [-0.15, -0.1) is 0 Å². The molecule has 0 spiro atoms. The number of hydrogen-bond acceptors (Lipinski definition) is 4. The third-order valence-electron chi connectivity index (χ3n) is 1.93. The van der Waals surface area contributed by atoms with E-state index in [1.54, 1.807) is 0 Å². The first kappa shape index (κ1) is 16.4. The van der Waals surface area contributed by atoms with E-state index in [0.29, 0.717) is 5.56 Å². The van der Waals surface area contributed by atoms with Gasteiger partial charge in [-0.1, -0.05) is 23.2 Å². The lowest BCUT2D eigenvalue weighted by atomic mass is 10.3. The van der Waals surface area contributed by atoms with Crippen LogP contribution in [0.1, 0.15) is 20.7 Å². The number of halogens is 3. The van der Waals surface area contributed by atoms with E-state index in [1.165, 1.54) is 36.7 Å². The van der Waals surface area contributed by atoms with E-state index in [-0.39, 0.29) is 15.9 Å². The van der Waals surface area contributed by atoms with Crippen LogP contribution in [0.25, 0.3) is 0 Å². The summed E-state index contributed by atoms with van der Waals surface area (Å²) in [6.07, 6.45) is 2.78. The van der Waals surface area contributed by atoms with Crippen molar-refractivity contribution >= 4 is 46.0 Å². The van der Waals surface area contributed by atoms with Crippen LogP contribution >= 0.6 is 34.8 Å². The first-order valence-corrected chi connectivity index (χ1v) is 6.20. The number of aromatic carboxylic acids is 1.